The quantitative estimate of drug-likeness (QED) is 0.244. The Balaban J connectivity index is 0.000000248. The van der Waals surface area contributed by atoms with E-state index in [0.29, 0.717) is 10.0 Å². The standard InChI is InChI=1S/C15H13BrFNO3.C8H9FO.C7H6BrNO3/c1-9(10-3-5-12(17)6-4-10)18-8-11(15(20)21-2)7-13(16)14(18)19;1-6(10)7-2-4-8(9)5-3-7;1-12-7(11)4-2-5(8)6(10)9-3-4/h3-9H,1-2H3;2-6,10H,1H3;2-3H,1H3,(H,9,10)/t9-;6-;/m00./s1. The van der Waals surface area contributed by atoms with Crippen molar-refractivity contribution < 1.29 is 33.0 Å². The smallest absolute Gasteiger partial charge is 0.339 e. The zero-order chi connectivity index (χ0) is 32.3. The van der Waals surface area contributed by atoms with Gasteiger partial charge in [0, 0.05) is 12.4 Å². The third kappa shape index (κ3) is 10.4. The summed E-state index contributed by atoms with van der Waals surface area (Å²) in [6, 6.07) is 14.2. The highest BCUT2D eigenvalue weighted by atomic mass is 79.9. The average molecular weight is 726 g/mol. The molecule has 0 fully saturated rings. The first kappa shape index (κ1) is 35.3. The number of ether oxygens (including phenoxy) is 2. The van der Waals surface area contributed by atoms with Gasteiger partial charge < -0.3 is 24.1 Å². The molecule has 2 aromatic heterocycles. The van der Waals surface area contributed by atoms with Crippen molar-refractivity contribution in [2.75, 3.05) is 14.2 Å². The van der Waals surface area contributed by atoms with Crippen LogP contribution in [0, 0.1) is 11.6 Å². The Morgan fingerprint density at radius 2 is 1.28 bits per heavy atom. The maximum absolute atomic E-state index is 13.0. The third-order valence-corrected chi connectivity index (χ3v) is 6.98. The number of carbonyl (C=O) groups excluding carboxylic acids is 2. The lowest BCUT2D eigenvalue weighted by Crippen LogP contribution is -2.25. The van der Waals surface area contributed by atoms with Crippen LogP contribution in [0.4, 0.5) is 8.78 Å². The molecule has 0 unspecified atom stereocenters. The number of H-pyrrole nitrogens is 1. The molecular weight excluding hydrogens is 698 g/mol. The molecule has 0 spiro atoms. The number of halogens is 4. The van der Waals surface area contributed by atoms with Gasteiger partial charge in [-0.15, -0.1) is 0 Å². The zero-order valence-electron chi connectivity index (χ0n) is 23.4. The number of aliphatic hydroxyl groups is 1. The van der Waals surface area contributed by atoms with Crippen molar-refractivity contribution in [1.82, 2.24) is 9.55 Å². The van der Waals surface area contributed by atoms with Crippen LogP contribution >= 0.6 is 31.9 Å². The van der Waals surface area contributed by atoms with Crippen molar-refractivity contribution in [2.45, 2.75) is 26.0 Å². The summed E-state index contributed by atoms with van der Waals surface area (Å²) in [4.78, 5) is 47.9. The van der Waals surface area contributed by atoms with Crippen molar-refractivity contribution in [2.24, 2.45) is 0 Å². The first-order valence-corrected chi connectivity index (χ1v) is 14.0. The highest BCUT2D eigenvalue weighted by molar-refractivity contribution is 9.10. The molecule has 0 amide bonds. The number of methoxy groups -OCH3 is 2. The van der Waals surface area contributed by atoms with Gasteiger partial charge in [-0.25, -0.2) is 18.4 Å². The Morgan fingerprint density at radius 1 is 0.814 bits per heavy atom. The monoisotopic (exact) mass is 724 g/mol. The fraction of sp³-hybridized carbons (Fsp3) is 0.200. The van der Waals surface area contributed by atoms with Gasteiger partial charge >= 0.3 is 11.9 Å². The fourth-order valence-electron chi connectivity index (χ4n) is 3.42. The van der Waals surface area contributed by atoms with E-state index >= 15 is 0 Å². The number of benzene rings is 2. The highest BCUT2D eigenvalue weighted by Gasteiger charge is 2.16. The molecule has 0 bridgehead atoms. The maximum atomic E-state index is 13.0. The van der Waals surface area contributed by atoms with Gasteiger partial charge in [0.1, 0.15) is 11.6 Å². The van der Waals surface area contributed by atoms with E-state index in [1.807, 2.05) is 0 Å². The normalized spacial score (nSPS) is 11.6. The van der Waals surface area contributed by atoms with Crippen LogP contribution in [0.25, 0.3) is 0 Å². The van der Waals surface area contributed by atoms with Crippen LogP contribution in [0.3, 0.4) is 0 Å². The molecular formula is C30H28Br2F2N2O7. The number of pyridine rings is 2. The number of carbonyl (C=O) groups is 2. The van der Waals surface area contributed by atoms with Crippen molar-refractivity contribution >= 4 is 43.8 Å². The molecule has 0 aliphatic carbocycles. The molecule has 2 N–H and O–H groups in total. The number of aromatic amines is 1. The van der Waals surface area contributed by atoms with Crippen LogP contribution in [0.15, 0.2) is 91.6 Å². The maximum Gasteiger partial charge on any atom is 0.339 e. The molecule has 0 aliphatic heterocycles. The number of rotatable bonds is 5. The second-order valence-electron chi connectivity index (χ2n) is 8.79. The Bertz CT molecular complexity index is 1660. The number of hydrogen-bond acceptors (Lipinski definition) is 7. The van der Waals surface area contributed by atoms with E-state index in [0.717, 1.165) is 11.1 Å². The second kappa shape index (κ2) is 16.6. The van der Waals surface area contributed by atoms with Gasteiger partial charge in [-0.05, 0) is 93.2 Å². The molecule has 4 rings (SSSR count). The molecule has 9 nitrogen and oxygen atoms in total. The van der Waals surface area contributed by atoms with E-state index < -0.39 is 18.0 Å². The van der Waals surface area contributed by atoms with Gasteiger partial charge in [-0.2, -0.15) is 0 Å². The molecule has 0 saturated heterocycles. The number of nitrogens with one attached hydrogen (secondary N) is 1. The van der Waals surface area contributed by atoms with Crippen molar-refractivity contribution in [3.05, 3.63) is 137 Å². The van der Waals surface area contributed by atoms with Gasteiger partial charge in [-0.1, -0.05) is 24.3 Å². The number of aromatic nitrogens is 2. The summed E-state index contributed by atoms with van der Waals surface area (Å²) in [5.74, 6) is -1.63. The Hall–Kier alpha value is -3.94. The minimum absolute atomic E-state index is 0.262. The minimum atomic E-state index is -0.532. The number of esters is 2. The molecule has 0 saturated carbocycles. The predicted molar refractivity (Wildman–Crippen MR) is 163 cm³/mol. The molecule has 0 aliphatic rings. The van der Waals surface area contributed by atoms with E-state index in [9.17, 15) is 28.0 Å². The first-order valence-electron chi connectivity index (χ1n) is 12.4. The molecule has 2 aromatic carbocycles. The molecule has 228 valence electrons. The molecule has 13 heteroatoms. The van der Waals surface area contributed by atoms with Gasteiger partial charge in [0.25, 0.3) is 11.1 Å². The Kier molecular flexibility index (Phi) is 13.6. The minimum Gasteiger partial charge on any atom is -0.465 e. The van der Waals surface area contributed by atoms with Gasteiger partial charge in [0.2, 0.25) is 0 Å². The van der Waals surface area contributed by atoms with E-state index in [-0.39, 0.29) is 38.8 Å². The highest BCUT2D eigenvalue weighted by Crippen LogP contribution is 2.19. The predicted octanol–water partition coefficient (Wildman–Crippen LogP) is 5.95. The zero-order valence-corrected chi connectivity index (χ0v) is 26.6. The SMILES string of the molecule is COC(=O)c1c[nH]c(=O)c(Br)c1.COC(=O)c1cc(Br)c(=O)n([C@@H](C)c2ccc(F)cc2)c1.C[C@H](O)c1ccc(F)cc1. The lowest BCUT2D eigenvalue weighted by atomic mass is 10.1. The van der Waals surface area contributed by atoms with Crippen molar-refractivity contribution in [1.29, 1.82) is 0 Å². The van der Waals surface area contributed by atoms with Crippen LogP contribution < -0.4 is 11.1 Å². The second-order valence-corrected chi connectivity index (χ2v) is 10.5. The molecule has 0 radical (unpaired) electrons. The van der Waals surface area contributed by atoms with Crippen LogP contribution in [0.5, 0.6) is 0 Å². The molecule has 2 heterocycles. The number of nitrogens with zero attached hydrogens (tertiary/aromatic N) is 1. The van der Waals surface area contributed by atoms with Gasteiger partial charge in [0.05, 0.1) is 46.4 Å². The number of hydrogen-bond donors (Lipinski definition) is 2. The van der Waals surface area contributed by atoms with Crippen LogP contribution in [0.2, 0.25) is 0 Å². The summed E-state index contributed by atoms with van der Waals surface area (Å²) in [5.41, 5.74) is 1.51. The van der Waals surface area contributed by atoms with Crippen LogP contribution in [-0.4, -0.2) is 40.8 Å². The van der Waals surface area contributed by atoms with Crippen LogP contribution in [-0.2, 0) is 9.47 Å². The summed E-state index contributed by atoms with van der Waals surface area (Å²) in [7, 11) is 2.55. The van der Waals surface area contributed by atoms with Crippen molar-refractivity contribution in [3.63, 3.8) is 0 Å². The van der Waals surface area contributed by atoms with E-state index in [4.69, 9.17) is 5.11 Å². The summed E-state index contributed by atoms with van der Waals surface area (Å²) in [5, 5.41) is 8.99. The number of aliphatic hydroxyl groups excluding tert-OH is 1. The lowest BCUT2D eigenvalue weighted by molar-refractivity contribution is 0.0591. The van der Waals surface area contributed by atoms with E-state index in [1.165, 1.54) is 67.6 Å². The van der Waals surface area contributed by atoms with Gasteiger partial charge in [0.15, 0.2) is 0 Å². The summed E-state index contributed by atoms with van der Waals surface area (Å²) in [6.45, 7) is 3.44. The Morgan fingerprint density at radius 3 is 1.74 bits per heavy atom. The summed E-state index contributed by atoms with van der Waals surface area (Å²) < 4.78 is 36.3. The van der Waals surface area contributed by atoms with E-state index in [1.54, 1.807) is 38.1 Å². The fourth-order valence-corrected chi connectivity index (χ4v) is 4.23. The summed E-state index contributed by atoms with van der Waals surface area (Å²) in [6.07, 6.45) is 2.23. The molecule has 4 aromatic rings. The lowest BCUT2D eigenvalue weighted by Gasteiger charge is -2.17. The topological polar surface area (TPSA) is 128 Å². The van der Waals surface area contributed by atoms with Crippen molar-refractivity contribution in [3.8, 4) is 0 Å². The first-order chi connectivity index (χ1) is 20.3. The molecule has 43 heavy (non-hydrogen) atoms. The van der Waals surface area contributed by atoms with E-state index in [2.05, 4.69) is 46.3 Å². The third-order valence-electron chi connectivity index (χ3n) is 5.82. The average Bonchev–Trinajstić information content (AvgIpc) is 3.00. The van der Waals surface area contributed by atoms with Crippen LogP contribution in [0.1, 0.15) is 57.8 Å². The van der Waals surface area contributed by atoms with Gasteiger partial charge in [-0.3, -0.25) is 9.59 Å². The molecule has 2 atom stereocenters. The summed E-state index contributed by atoms with van der Waals surface area (Å²) >= 11 is 6.14. The largest absolute Gasteiger partial charge is 0.465 e. The Labute approximate surface area is 262 Å².